The van der Waals surface area contributed by atoms with E-state index in [0.717, 1.165) is 22.2 Å². The number of anilines is 2. The van der Waals surface area contributed by atoms with E-state index in [1.165, 1.54) is 11.6 Å². The lowest BCUT2D eigenvalue weighted by molar-refractivity contribution is -0.111. The van der Waals surface area contributed by atoms with Crippen molar-refractivity contribution in [3.05, 3.63) is 71.4 Å². The summed E-state index contributed by atoms with van der Waals surface area (Å²) in [7, 11) is 0. The minimum absolute atomic E-state index is 0.184. The van der Waals surface area contributed by atoms with Crippen molar-refractivity contribution in [2.24, 2.45) is 0 Å². The molecule has 0 atom stereocenters. The van der Waals surface area contributed by atoms with Crippen molar-refractivity contribution >= 4 is 34.3 Å². The molecule has 0 spiro atoms. The molecular formula is C22H23N3O. The van der Waals surface area contributed by atoms with E-state index >= 15 is 0 Å². The molecule has 0 radical (unpaired) electrons. The minimum atomic E-state index is -0.184. The average molecular weight is 345 g/mol. The molecular weight excluding hydrogens is 322 g/mol. The van der Waals surface area contributed by atoms with Crippen LogP contribution >= 0.6 is 0 Å². The summed E-state index contributed by atoms with van der Waals surface area (Å²) < 4.78 is 0. The number of nitrogens with two attached hydrogens (primary N) is 1. The van der Waals surface area contributed by atoms with Crippen molar-refractivity contribution in [2.75, 3.05) is 11.1 Å². The molecule has 3 aromatic rings. The molecule has 1 heterocycles. The molecule has 3 N–H and O–H groups in total. The highest BCUT2D eigenvalue weighted by Crippen LogP contribution is 2.24. The third-order valence-corrected chi connectivity index (χ3v) is 4.27. The Morgan fingerprint density at radius 1 is 1.12 bits per heavy atom. The number of carbonyl (C=O) groups excluding carboxylic acids is 1. The second-order valence-corrected chi connectivity index (χ2v) is 6.73. The fraction of sp³-hybridized carbons (Fsp3) is 0.182. The number of aryl methyl sites for hydroxylation is 1. The summed E-state index contributed by atoms with van der Waals surface area (Å²) in [5, 5.41) is 3.70. The number of rotatable bonds is 4. The number of fused-ring (bicyclic) bond motifs is 1. The first kappa shape index (κ1) is 17.7. The van der Waals surface area contributed by atoms with Crippen LogP contribution in [0.25, 0.3) is 17.0 Å². The Kier molecular flexibility index (Phi) is 5.03. The number of pyridine rings is 1. The van der Waals surface area contributed by atoms with Crippen LogP contribution in [0.15, 0.2) is 54.6 Å². The van der Waals surface area contributed by atoms with E-state index in [9.17, 15) is 4.79 Å². The molecule has 0 aliphatic rings. The van der Waals surface area contributed by atoms with Gasteiger partial charge in [0.2, 0.25) is 5.91 Å². The number of benzene rings is 2. The van der Waals surface area contributed by atoms with Gasteiger partial charge in [0.15, 0.2) is 0 Å². The summed E-state index contributed by atoms with van der Waals surface area (Å²) in [5.74, 6) is 0.311. The van der Waals surface area contributed by atoms with Crippen LogP contribution in [0.5, 0.6) is 0 Å². The van der Waals surface area contributed by atoms with Crippen molar-refractivity contribution in [3.8, 4) is 0 Å². The van der Waals surface area contributed by atoms with Gasteiger partial charge in [-0.05, 0) is 54.3 Å². The smallest absolute Gasteiger partial charge is 0.248 e. The quantitative estimate of drug-likeness (QED) is 0.661. The van der Waals surface area contributed by atoms with Gasteiger partial charge in [-0.15, -0.1) is 0 Å². The van der Waals surface area contributed by atoms with E-state index in [2.05, 4.69) is 36.3 Å². The first-order chi connectivity index (χ1) is 12.4. The van der Waals surface area contributed by atoms with Gasteiger partial charge in [-0.25, -0.2) is 0 Å². The zero-order chi connectivity index (χ0) is 18.7. The predicted molar refractivity (Wildman–Crippen MR) is 109 cm³/mol. The normalized spacial score (nSPS) is 11.4. The van der Waals surface area contributed by atoms with E-state index in [1.54, 1.807) is 6.08 Å². The molecule has 0 saturated carbocycles. The highest BCUT2D eigenvalue weighted by atomic mass is 16.1. The maximum Gasteiger partial charge on any atom is 0.248 e. The molecule has 1 amide bonds. The minimum Gasteiger partial charge on any atom is -0.398 e. The Bertz CT molecular complexity index is 973. The third kappa shape index (κ3) is 4.09. The van der Waals surface area contributed by atoms with Crippen LogP contribution in [-0.2, 0) is 4.79 Å². The molecule has 0 fully saturated rings. The molecule has 2 aromatic carbocycles. The molecule has 0 unspecified atom stereocenters. The zero-order valence-corrected chi connectivity index (χ0v) is 15.3. The molecule has 0 bridgehead atoms. The van der Waals surface area contributed by atoms with Gasteiger partial charge in [0.05, 0.1) is 5.52 Å². The van der Waals surface area contributed by atoms with Crippen molar-refractivity contribution in [1.29, 1.82) is 0 Å². The van der Waals surface area contributed by atoms with Crippen LogP contribution in [0.2, 0.25) is 0 Å². The first-order valence-electron chi connectivity index (χ1n) is 8.68. The number of aromatic nitrogens is 1. The maximum absolute atomic E-state index is 12.2. The standard InChI is InChI=1S/C22H23N3O/c1-14(2)17-7-4-16(5-8-17)6-11-22(26)25-18-9-10-21-19(13-18)20(23)12-15(3)24-21/h4-14H,1-3H3,(H2,23,24)(H,25,26)/b11-6+. The van der Waals surface area contributed by atoms with Crippen LogP contribution in [0.3, 0.4) is 0 Å². The van der Waals surface area contributed by atoms with Gasteiger partial charge in [0.1, 0.15) is 0 Å². The van der Waals surface area contributed by atoms with Gasteiger partial charge >= 0.3 is 0 Å². The van der Waals surface area contributed by atoms with Gasteiger partial charge in [-0.1, -0.05) is 38.1 Å². The summed E-state index contributed by atoms with van der Waals surface area (Å²) in [6.07, 6.45) is 3.34. The molecule has 132 valence electrons. The Morgan fingerprint density at radius 3 is 2.54 bits per heavy atom. The van der Waals surface area contributed by atoms with Crippen LogP contribution in [-0.4, -0.2) is 10.9 Å². The van der Waals surface area contributed by atoms with Gasteiger partial charge in [-0.3, -0.25) is 9.78 Å². The molecule has 4 nitrogen and oxygen atoms in total. The number of nitrogen functional groups attached to an aromatic ring is 1. The number of nitrogens with one attached hydrogen (secondary N) is 1. The van der Waals surface area contributed by atoms with Gasteiger partial charge in [0.25, 0.3) is 0 Å². The molecule has 0 saturated heterocycles. The highest BCUT2D eigenvalue weighted by Gasteiger charge is 2.04. The first-order valence-corrected chi connectivity index (χ1v) is 8.68. The number of hydrogen-bond donors (Lipinski definition) is 2. The van der Waals surface area contributed by atoms with E-state index in [4.69, 9.17) is 5.73 Å². The monoisotopic (exact) mass is 345 g/mol. The molecule has 0 aliphatic carbocycles. The second kappa shape index (κ2) is 7.40. The largest absolute Gasteiger partial charge is 0.398 e. The molecule has 1 aromatic heterocycles. The number of hydrogen-bond acceptors (Lipinski definition) is 3. The van der Waals surface area contributed by atoms with Crippen LogP contribution < -0.4 is 11.1 Å². The van der Waals surface area contributed by atoms with E-state index < -0.39 is 0 Å². The molecule has 0 aliphatic heterocycles. The van der Waals surface area contributed by atoms with E-state index in [0.29, 0.717) is 17.3 Å². The fourth-order valence-electron chi connectivity index (χ4n) is 2.82. The Balaban J connectivity index is 1.72. The topological polar surface area (TPSA) is 68.0 Å². The Morgan fingerprint density at radius 2 is 1.85 bits per heavy atom. The van der Waals surface area contributed by atoms with Gasteiger partial charge in [0, 0.05) is 28.5 Å². The Hall–Kier alpha value is -3.14. The maximum atomic E-state index is 12.2. The zero-order valence-electron chi connectivity index (χ0n) is 15.3. The van der Waals surface area contributed by atoms with Gasteiger partial charge in [-0.2, -0.15) is 0 Å². The summed E-state index contributed by atoms with van der Waals surface area (Å²) >= 11 is 0. The van der Waals surface area contributed by atoms with E-state index in [1.807, 2.05) is 43.3 Å². The van der Waals surface area contributed by atoms with Crippen molar-refractivity contribution < 1.29 is 4.79 Å². The lowest BCUT2D eigenvalue weighted by atomic mass is 10.0. The van der Waals surface area contributed by atoms with Crippen LogP contribution in [0.1, 0.15) is 36.6 Å². The lowest BCUT2D eigenvalue weighted by Crippen LogP contribution is -2.07. The lowest BCUT2D eigenvalue weighted by Gasteiger charge is -2.07. The number of nitrogens with zero attached hydrogens (tertiary/aromatic N) is 1. The SMILES string of the molecule is Cc1cc(N)c2cc(NC(=O)/C=C/c3ccc(C(C)C)cc3)ccc2n1. The average Bonchev–Trinajstić information content (AvgIpc) is 2.61. The molecule has 26 heavy (non-hydrogen) atoms. The summed E-state index contributed by atoms with van der Waals surface area (Å²) in [4.78, 5) is 16.6. The van der Waals surface area contributed by atoms with Crippen molar-refractivity contribution in [2.45, 2.75) is 26.7 Å². The summed E-state index contributed by atoms with van der Waals surface area (Å²) in [6.45, 7) is 6.22. The Labute approximate surface area is 153 Å². The van der Waals surface area contributed by atoms with Crippen LogP contribution in [0.4, 0.5) is 11.4 Å². The van der Waals surface area contributed by atoms with Crippen molar-refractivity contribution in [1.82, 2.24) is 4.98 Å². The molecule has 3 rings (SSSR count). The second-order valence-electron chi connectivity index (χ2n) is 6.73. The number of amides is 1. The predicted octanol–water partition coefficient (Wildman–Crippen LogP) is 4.90. The molecule has 4 heteroatoms. The van der Waals surface area contributed by atoms with Crippen molar-refractivity contribution in [3.63, 3.8) is 0 Å². The summed E-state index contributed by atoms with van der Waals surface area (Å²) in [5.41, 5.74) is 11.4. The van der Waals surface area contributed by atoms with Gasteiger partial charge < -0.3 is 11.1 Å². The number of carbonyl (C=O) groups is 1. The van der Waals surface area contributed by atoms with Crippen LogP contribution in [0, 0.1) is 6.92 Å². The highest BCUT2D eigenvalue weighted by molar-refractivity contribution is 6.03. The third-order valence-electron chi connectivity index (χ3n) is 4.27. The summed E-state index contributed by atoms with van der Waals surface area (Å²) in [6, 6.07) is 15.6. The fourth-order valence-corrected chi connectivity index (χ4v) is 2.82. The van der Waals surface area contributed by atoms with E-state index in [-0.39, 0.29) is 5.91 Å².